The number of nitrogens with one attached hydrogen (secondary N) is 1. The van der Waals surface area contributed by atoms with Gasteiger partial charge >= 0.3 is 0 Å². The van der Waals surface area contributed by atoms with Crippen LogP contribution in [-0.4, -0.2) is 18.0 Å². The average Bonchev–Trinajstić information content (AvgIpc) is 3.64. The maximum Gasteiger partial charge on any atom is 0.224 e. The summed E-state index contributed by atoms with van der Waals surface area (Å²) in [6.07, 6.45) is 4.59. The first kappa shape index (κ1) is 20.7. The molecule has 3 aromatic carbocycles. The van der Waals surface area contributed by atoms with E-state index < -0.39 is 0 Å². The van der Waals surface area contributed by atoms with E-state index in [1.807, 2.05) is 42.6 Å². The van der Waals surface area contributed by atoms with Crippen molar-refractivity contribution in [1.29, 1.82) is 0 Å². The van der Waals surface area contributed by atoms with E-state index >= 15 is 0 Å². The minimum atomic E-state index is 0.0524. The van der Waals surface area contributed by atoms with Crippen LogP contribution < -0.4 is 10.1 Å². The Morgan fingerprint density at radius 2 is 1.94 bits per heavy atom. The van der Waals surface area contributed by atoms with E-state index in [0.717, 1.165) is 44.1 Å². The predicted octanol–water partition coefficient (Wildman–Crippen LogP) is 6.09. The van der Waals surface area contributed by atoms with Crippen molar-refractivity contribution < 1.29 is 9.53 Å². The van der Waals surface area contributed by atoms with Gasteiger partial charge in [-0.2, -0.15) is 0 Å². The zero-order valence-electron chi connectivity index (χ0n) is 17.7. The summed E-state index contributed by atoms with van der Waals surface area (Å²) < 4.78 is 6.45. The van der Waals surface area contributed by atoms with E-state index in [9.17, 15) is 4.79 Å². The van der Waals surface area contributed by atoms with Crippen LogP contribution >= 0.6 is 15.9 Å². The molecule has 2 atom stereocenters. The molecule has 1 aliphatic rings. The van der Waals surface area contributed by atoms with Crippen molar-refractivity contribution in [2.75, 3.05) is 7.11 Å². The molecule has 1 aromatic heterocycles. The fourth-order valence-corrected chi connectivity index (χ4v) is 4.59. The number of pyridine rings is 1. The van der Waals surface area contributed by atoms with E-state index in [4.69, 9.17) is 4.74 Å². The van der Waals surface area contributed by atoms with Crippen LogP contribution in [0.3, 0.4) is 0 Å². The quantitative estimate of drug-likeness (QED) is 0.358. The lowest BCUT2D eigenvalue weighted by molar-refractivity contribution is -0.122. The van der Waals surface area contributed by atoms with Gasteiger partial charge in [-0.25, -0.2) is 0 Å². The fraction of sp³-hybridized carbons (Fsp3) is 0.185. The van der Waals surface area contributed by atoms with Crippen LogP contribution in [0, 0.1) is 5.92 Å². The number of halogens is 1. The number of methoxy groups -OCH3 is 1. The summed E-state index contributed by atoms with van der Waals surface area (Å²) in [5.41, 5.74) is 4.50. The lowest BCUT2D eigenvalue weighted by Gasteiger charge is -2.13. The highest BCUT2D eigenvalue weighted by Gasteiger charge is 2.43. The second-order valence-electron chi connectivity index (χ2n) is 8.14. The second kappa shape index (κ2) is 8.75. The Hall–Kier alpha value is -3.18. The zero-order chi connectivity index (χ0) is 22.1. The van der Waals surface area contributed by atoms with Crippen molar-refractivity contribution >= 4 is 32.6 Å². The Morgan fingerprint density at radius 1 is 1.09 bits per heavy atom. The number of fused-ring (bicyclic) bond motifs is 1. The van der Waals surface area contributed by atoms with Gasteiger partial charge in [0.1, 0.15) is 5.75 Å². The van der Waals surface area contributed by atoms with Crippen molar-refractivity contribution in [3.63, 3.8) is 0 Å². The molecule has 0 radical (unpaired) electrons. The molecule has 160 valence electrons. The van der Waals surface area contributed by atoms with Crippen molar-refractivity contribution in [1.82, 2.24) is 10.3 Å². The van der Waals surface area contributed by atoms with E-state index in [-0.39, 0.29) is 11.8 Å². The SMILES string of the molecule is COc1cccc(-c2ccc(CNC(=O)C3CC3c3ccc(Br)cc3)c3cnccc23)c1. The summed E-state index contributed by atoms with van der Waals surface area (Å²) >= 11 is 3.47. The molecule has 1 fully saturated rings. The Labute approximate surface area is 195 Å². The number of aromatic nitrogens is 1. The first-order chi connectivity index (χ1) is 15.6. The van der Waals surface area contributed by atoms with Crippen molar-refractivity contribution in [3.05, 3.63) is 94.7 Å². The summed E-state index contributed by atoms with van der Waals surface area (Å²) in [6, 6.07) is 22.5. The van der Waals surface area contributed by atoms with Gasteiger partial charge in [0.2, 0.25) is 5.91 Å². The van der Waals surface area contributed by atoms with E-state index in [2.05, 4.69) is 56.6 Å². The van der Waals surface area contributed by atoms with Gasteiger partial charge in [-0.1, -0.05) is 52.3 Å². The highest BCUT2D eigenvalue weighted by Crippen LogP contribution is 2.47. The molecule has 0 bridgehead atoms. The van der Waals surface area contributed by atoms with Gasteiger partial charge in [-0.05, 0) is 70.3 Å². The maximum atomic E-state index is 12.8. The normalized spacial score (nSPS) is 17.2. The van der Waals surface area contributed by atoms with Crippen molar-refractivity contribution in [3.8, 4) is 16.9 Å². The summed E-state index contributed by atoms with van der Waals surface area (Å²) in [6.45, 7) is 0.489. The number of carbonyl (C=O) groups is 1. The first-order valence-electron chi connectivity index (χ1n) is 10.7. The third-order valence-electron chi connectivity index (χ3n) is 6.17. The van der Waals surface area contributed by atoms with Crippen molar-refractivity contribution in [2.45, 2.75) is 18.9 Å². The molecule has 5 heteroatoms. The molecule has 1 amide bonds. The molecular weight excluding hydrogens is 464 g/mol. The predicted molar refractivity (Wildman–Crippen MR) is 131 cm³/mol. The van der Waals surface area contributed by atoms with E-state index in [0.29, 0.717) is 12.5 Å². The number of ether oxygens (including phenoxy) is 1. The Kier molecular flexibility index (Phi) is 5.66. The van der Waals surface area contributed by atoms with Crippen LogP contribution in [0.4, 0.5) is 0 Å². The number of benzene rings is 3. The number of nitrogens with zero attached hydrogens (tertiary/aromatic N) is 1. The largest absolute Gasteiger partial charge is 0.497 e. The number of hydrogen-bond donors (Lipinski definition) is 1. The summed E-state index contributed by atoms with van der Waals surface area (Å²) in [5.74, 6) is 1.31. The van der Waals surface area contributed by atoms with Crippen LogP contribution in [0.25, 0.3) is 21.9 Å². The molecular formula is C27H23BrN2O2. The van der Waals surface area contributed by atoms with Crippen LogP contribution in [-0.2, 0) is 11.3 Å². The van der Waals surface area contributed by atoms with Crippen LogP contribution in [0.15, 0.2) is 83.6 Å². The number of amides is 1. The fourth-order valence-electron chi connectivity index (χ4n) is 4.32. The second-order valence-corrected chi connectivity index (χ2v) is 9.06. The van der Waals surface area contributed by atoms with Crippen LogP contribution in [0.1, 0.15) is 23.5 Å². The van der Waals surface area contributed by atoms with Gasteiger partial charge in [0.25, 0.3) is 0 Å². The lowest BCUT2D eigenvalue weighted by Crippen LogP contribution is -2.25. The molecule has 1 N–H and O–H groups in total. The van der Waals surface area contributed by atoms with Gasteiger partial charge in [-0.15, -0.1) is 0 Å². The van der Waals surface area contributed by atoms with Gasteiger partial charge in [-0.3, -0.25) is 9.78 Å². The molecule has 4 nitrogen and oxygen atoms in total. The Morgan fingerprint density at radius 3 is 2.75 bits per heavy atom. The number of rotatable bonds is 6. The molecule has 1 heterocycles. The van der Waals surface area contributed by atoms with Gasteiger partial charge in [0.15, 0.2) is 0 Å². The smallest absolute Gasteiger partial charge is 0.224 e. The summed E-state index contributed by atoms with van der Waals surface area (Å²) in [4.78, 5) is 17.1. The third-order valence-corrected chi connectivity index (χ3v) is 6.70. The van der Waals surface area contributed by atoms with Crippen LogP contribution in [0.2, 0.25) is 0 Å². The summed E-state index contributed by atoms with van der Waals surface area (Å²) in [7, 11) is 1.67. The highest BCUT2D eigenvalue weighted by atomic mass is 79.9. The Balaban J connectivity index is 1.34. The molecule has 2 unspecified atom stereocenters. The molecule has 32 heavy (non-hydrogen) atoms. The molecule has 1 saturated carbocycles. The van der Waals surface area contributed by atoms with E-state index in [1.165, 1.54) is 5.56 Å². The number of carbonyl (C=O) groups excluding carboxylic acids is 1. The average molecular weight is 487 g/mol. The minimum absolute atomic E-state index is 0.0524. The number of hydrogen-bond acceptors (Lipinski definition) is 3. The van der Waals surface area contributed by atoms with Crippen molar-refractivity contribution in [2.24, 2.45) is 5.92 Å². The topological polar surface area (TPSA) is 51.2 Å². The molecule has 5 rings (SSSR count). The molecule has 0 spiro atoms. The zero-order valence-corrected chi connectivity index (χ0v) is 19.3. The molecule has 1 aliphatic carbocycles. The monoisotopic (exact) mass is 486 g/mol. The lowest BCUT2D eigenvalue weighted by atomic mass is 9.96. The minimum Gasteiger partial charge on any atom is -0.497 e. The van der Waals surface area contributed by atoms with Gasteiger partial charge < -0.3 is 10.1 Å². The van der Waals surface area contributed by atoms with E-state index in [1.54, 1.807) is 13.3 Å². The summed E-state index contributed by atoms with van der Waals surface area (Å²) in [5, 5.41) is 5.31. The molecule has 0 saturated heterocycles. The molecule has 0 aliphatic heterocycles. The van der Waals surface area contributed by atoms with Crippen LogP contribution in [0.5, 0.6) is 5.75 Å². The standard InChI is InChI=1S/C27H23BrN2O2/c1-32-21-4-2-3-18(13-21)22-10-7-19(26-16-29-12-11-23(22)26)15-30-27(31)25-14-24(25)17-5-8-20(28)9-6-17/h2-13,16,24-25H,14-15H2,1H3,(H,30,31). The molecule has 4 aromatic rings. The Bertz CT molecular complexity index is 1290. The third kappa shape index (κ3) is 4.13. The highest BCUT2D eigenvalue weighted by molar-refractivity contribution is 9.10. The first-order valence-corrected chi connectivity index (χ1v) is 11.5. The van der Waals surface area contributed by atoms with Gasteiger partial charge in [0, 0.05) is 34.7 Å². The maximum absolute atomic E-state index is 12.8. The van der Waals surface area contributed by atoms with Gasteiger partial charge in [0.05, 0.1) is 7.11 Å².